The van der Waals surface area contributed by atoms with Gasteiger partial charge in [0.25, 0.3) is 5.22 Å². The van der Waals surface area contributed by atoms with Crippen LogP contribution in [0.25, 0.3) is 0 Å². The zero-order valence-electron chi connectivity index (χ0n) is 11.2. The van der Waals surface area contributed by atoms with E-state index in [1.165, 1.54) is 12.1 Å². The van der Waals surface area contributed by atoms with E-state index in [0.717, 1.165) is 11.8 Å². The lowest BCUT2D eigenvalue weighted by Crippen LogP contribution is -2.14. The minimum atomic E-state index is -0.291. The Balaban J connectivity index is 1.93. The van der Waals surface area contributed by atoms with Gasteiger partial charge in [-0.15, -0.1) is 10.2 Å². The average Bonchev–Trinajstić information content (AvgIpc) is 2.89. The third kappa shape index (κ3) is 4.96. The minimum Gasteiger partial charge on any atom is -0.415 e. The number of thioether (sulfide) groups is 2. The molecule has 0 spiro atoms. The molecule has 1 N–H and O–H groups in total. The number of aromatic nitrogens is 2. The molecule has 0 fully saturated rings. The molecule has 22 heavy (non-hydrogen) atoms. The van der Waals surface area contributed by atoms with Crippen LogP contribution in [-0.4, -0.2) is 28.1 Å². The monoisotopic (exact) mass is 397 g/mol. The van der Waals surface area contributed by atoms with Crippen LogP contribution in [0.4, 0.5) is 5.69 Å². The fourth-order valence-electron chi connectivity index (χ4n) is 1.44. The van der Waals surface area contributed by atoms with Crippen LogP contribution in [0.5, 0.6) is 0 Å². The molecule has 2 aromatic rings. The Kier molecular flexibility index (Phi) is 6.70. The molecule has 5 nitrogen and oxygen atoms in total. The quantitative estimate of drug-likeness (QED) is 0.716. The van der Waals surface area contributed by atoms with Crippen LogP contribution in [0.2, 0.25) is 15.1 Å². The maximum absolute atomic E-state index is 11.9. The summed E-state index contributed by atoms with van der Waals surface area (Å²) in [6, 6.07) is 3.01. The standard InChI is InChI=1S/C12H10Cl3N3O2S2/c1-21-5-10-17-18-12(20-10)22-4-9(19)16-11-7(14)2-6(13)3-8(11)15/h2-3H,4-5H2,1H3,(H,16,19). The summed E-state index contributed by atoms with van der Waals surface area (Å²) >= 11 is 20.5. The molecule has 1 aromatic heterocycles. The first kappa shape index (κ1) is 17.7. The molecular weight excluding hydrogens is 389 g/mol. The van der Waals surface area contributed by atoms with Crippen LogP contribution in [0.3, 0.4) is 0 Å². The molecular formula is C12H10Cl3N3O2S2. The molecule has 0 aliphatic heterocycles. The molecule has 0 bridgehead atoms. The molecule has 0 atom stereocenters. The predicted molar refractivity (Wildman–Crippen MR) is 92.3 cm³/mol. The first-order valence-electron chi connectivity index (χ1n) is 5.88. The zero-order valence-corrected chi connectivity index (χ0v) is 15.1. The highest BCUT2D eigenvalue weighted by Gasteiger charge is 2.13. The molecule has 10 heteroatoms. The molecule has 0 saturated heterocycles. The number of nitrogens with one attached hydrogen (secondary N) is 1. The fraction of sp³-hybridized carbons (Fsp3) is 0.250. The van der Waals surface area contributed by atoms with Crippen LogP contribution < -0.4 is 5.32 Å². The summed E-state index contributed by atoms with van der Waals surface area (Å²) in [7, 11) is 0. The first-order valence-corrected chi connectivity index (χ1v) is 9.39. The number of carbonyl (C=O) groups is 1. The van der Waals surface area contributed by atoms with E-state index in [2.05, 4.69) is 15.5 Å². The SMILES string of the molecule is CSCc1nnc(SCC(=O)Nc2c(Cl)cc(Cl)cc2Cl)o1. The van der Waals surface area contributed by atoms with Gasteiger partial charge in [0.2, 0.25) is 11.8 Å². The van der Waals surface area contributed by atoms with Crippen molar-refractivity contribution in [2.75, 3.05) is 17.3 Å². The van der Waals surface area contributed by atoms with Crippen molar-refractivity contribution in [3.8, 4) is 0 Å². The van der Waals surface area contributed by atoms with Crippen molar-refractivity contribution in [2.45, 2.75) is 11.0 Å². The lowest BCUT2D eigenvalue weighted by Gasteiger charge is -2.09. The van der Waals surface area contributed by atoms with Gasteiger partial charge in [0.15, 0.2) is 0 Å². The molecule has 0 saturated carbocycles. The van der Waals surface area contributed by atoms with Crippen LogP contribution in [-0.2, 0) is 10.5 Å². The van der Waals surface area contributed by atoms with Gasteiger partial charge < -0.3 is 9.73 Å². The molecule has 1 aromatic carbocycles. The van der Waals surface area contributed by atoms with Gasteiger partial charge in [0.1, 0.15) is 0 Å². The Bertz CT molecular complexity index is 658. The Morgan fingerprint density at radius 2 is 1.95 bits per heavy atom. The lowest BCUT2D eigenvalue weighted by atomic mass is 10.3. The normalized spacial score (nSPS) is 10.7. The number of carbonyl (C=O) groups excluding carboxylic acids is 1. The van der Waals surface area contributed by atoms with E-state index in [1.54, 1.807) is 11.8 Å². The second-order valence-electron chi connectivity index (χ2n) is 3.98. The molecule has 0 unspecified atom stereocenters. The Morgan fingerprint density at radius 3 is 2.59 bits per heavy atom. The fourth-order valence-corrected chi connectivity index (χ4v) is 3.30. The van der Waals surface area contributed by atoms with Crippen molar-refractivity contribution in [1.29, 1.82) is 0 Å². The number of amides is 1. The van der Waals surface area contributed by atoms with E-state index in [-0.39, 0.29) is 21.7 Å². The smallest absolute Gasteiger partial charge is 0.277 e. The van der Waals surface area contributed by atoms with Crippen molar-refractivity contribution < 1.29 is 9.21 Å². The number of hydrogen-bond donors (Lipinski definition) is 1. The molecule has 118 valence electrons. The summed E-state index contributed by atoms with van der Waals surface area (Å²) in [5, 5.41) is 11.6. The summed E-state index contributed by atoms with van der Waals surface area (Å²) in [5.41, 5.74) is 0.326. The number of benzene rings is 1. The van der Waals surface area contributed by atoms with Crippen molar-refractivity contribution >= 4 is 69.9 Å². The summed E-state index contributed by atoms with van der Waals surface area (Å²) in [6.07, 6.45) is 1.93. The van der Waals surface area contributed by atoms with Gasteiger partial charge in [0, 0.05) is 5.02 Å². The number of hydrogen-bond acceptors (Lipinski definition) is 6. The van der Waals surface area contributed by atoms with E-state index < -0.39 is 0 Å². The van der Waals surface area contributed by atoms with Crippen LogP contribution in [0, 0.1) is 0 Å². The van der Waals surface area contributed by atoms with Crippen LogP contribution >= 0.6 is 58.3 Å². The van der Waals surface area contributed by atoms with Gasteiger partial charge >= 0.3 is 0 Å². The summed E-state index contributed by atoms with van der Waals surface area (Å²) < 4.78 is 5.36. The predicted octanol–water partition coefficient (Wildman–Crippen LogP) is 4.62. The topological polar surface area (TPSA) is 68.0 Å². The molecule has 0 aliphatic rings. The largest absolute Gasteiger partial charge is 0.415 e. The Labute approximate surface area is 150 Å². The van der Waals surface area contributed by atoms with E-state index >= 15 is 0 Å². The Hall–Kier alpha value is -0.600. The number of rotatable bonds is 6. The van der Waals surface area contributed by atoms with Crippen molar-refractivity contribution in [3.05, 3.63) is 33.1 Å². The third-order valence-corrected chi connectivity index (χ3v) is 4.48. The summed E-state index contributed by atoms with van der Waals surface area (Å²) in [6.45, 7) is 0. The summed E-state index contributed by atoms with van der Waals surface area (Å²) in [5.74, 6) is 0.964. The minimum absolute atomic E-state index is 0.0934. The average molecular weight is 399 g/mol. The van der Waals surface area contributed by atoms with E-state index in [0.29, 0.717) is 27.6 Å². The molecule has 0 radical (unpaired) electrons. The third-order valence-electron chi connectivity index (χ3n) is 2.31. The van der Waals surface area contributed by atoms with Crippen LogP contribution in [0.15, 0.2) is 21.8 Å². The van der Waals surface area contributed by atoms with Crippen molar-refractivity contribution in [2.24, 2.45) is 0 Å². The van der Waals surface area contributed by atoms with E-state index in [9.17, 15) is 4.79 Å². The highest BCUT2D eigenvalue weighted by atomic mass is 35.5. The van der Waals surface area contributed by atoms with Crippen molar-refractivity contribution in [1.82, 2.24) is 10.2 Å². The summed E-state index contributed by atoms with van der Waals surface area (Å²) in [4.78, 5) is 11.9. The zero-order chi connectivity index (χ0) is 16.1. The number of halogens is 3. The van der Waals surface area contributed by atoms with E-state index in [1.807, 2.05) is 6.26 Å². The van der Waals surface area contributed by atoms with Gasteiger partial charge in [0.05, 0.1) is 27.2 Å². The van der Waals surface area contributed by atoms with Crippen molar-refractivity contribution in [3.63, 3.8) is 0 Å². The van der Waals surface area contributed by atoms with Gasteiger partial charge in [-0.25, -0.2) is 0 Å². The molecule has 1 heterocycles. The second kappa shape index (κ2) is 8.31. The maximum Gasteiger partial charge on any atom is 0.277 e. The van der Waals surface area contributed by atoms with Gasteiger partial charge in [-0.05, 0) is 18.4 Å². The Morgan fingerprint density at radius 1 is 1.27 bits per heavy atom. The van der Waals surface area contributed by atoms with Crippen LogP contribution in [0.1, 0.15) is 5.89 Å². The molecule has 2 rings (SSSR count). The lowest BCUT2D eigenvalue weighted by molar-refractivity contribution is -0.113. The van der Waals surface area contributed by atoms with E-state index in [4.69, 9.17) is 39.2 Å². The van der Waals surface area contributed by atoms with Gasteiger partial charge in [-0.2, -0.15) is 11.8 Å². The van der Waals surface area contributed by atoms with Gasteiger partial charge in [-0.1, -0.05) is 46.6 Å². The highest BCUT2D eigenvalue weighted by Crippen LogP contribution is 2.33. The first-order chi connectivity index (χ1) is 10.5. The molecule has 0 aliphatic carbocycles. The number of nitrogens with zero attached hydrogens (tertiary/aromatic N) is 2. The second-order valence-corrected chi connectivity index (χ2v) is 7.02. The van der Waals surface area contributed by atoms with Gasteiger partial charge in [-0.3, -0.25) is 4.79 Å². The highest BCUT2D eigenvalue weighted by molar-refractivity contribution is 7.99. The molecule has 1 amide bonds. The maximum atomic E-state index is 11.9. The number of anilines is 1.